The molecule has 10 nitrogen and oxygen atoms in total. The number of hydrogen-bond donors (Lipinski definition) is 1. The third-order valence-electron chi connectivity index (χ3n) is 10.4. The van der Waals surface area contributed by atoms with E-state index in [1.807, 2.05) is 30.1 Å². The second-order valence-corrected chi connectivity index (χ2v) is 14.7. The van der Waals surface area contributed by atoms with Crippen LogP contribution in [-0.4, -0.2) is 83.9 Å². The standard InChI is InChI=1S/C37H42ClF3N6O4.Na/c1-46(20-36(21-50-2)11-3-4-12-36)30-17-29(23-15-27(37(39,40)41)32(42-18-23)22-5-6-22)43-35-33(30)44-34(45-35)26-8-7-25(16-28(26)38)51-24-9-13-47(14-10-24)19-31(48)49;/h7-8,15-18,22,24H,3-6,9-14,19-21H2,1-2H3,(H,48,49)(H,43,44,45);/q;+1/p-1. The molecule has 4 aromatic rings. The van der Waals surface area contributed by atoms with Crippen LogP contribution in [0.25, 0.3) is 33.8 Å². The zero-order valence-corrected chi connectivity index (χ0v) is 32.4. The van der Waals surface area contributed by atoms with Gasteiger partial charge in [-0.1, -0.05) is 24.4 Å². The van der Waals surface area contributed by atoms with Crippen molar-refractivity contribution in [2.45, 2.75) is 69.6 Å². The second-order valence-electron chi connectivity index (χ2n) is 14.3. The molecule has 0 bridgehead atoms. The number of imidazole rings is 1. The summed E-state index contributed by atoms with van der Waals surface area (Å²) in [6.07, 6.45) is 3.89. The van der Waals surface area contributed by atoms with Crippen LogP contribution in [0.1, 0.15) is 68.5 Å². The molecule has 0 radical (unpaired) electrons. The number of ether oxygens (including phenoxy) is 2. The Morgan fingerprint density at radius 2 is 1.85 bits per heavy atom. The summed E-state index contributed by atoms with van der Waals surface area (Å²) >= 11 is 6.81. The number of piperidine rings is 1. The molecule has 272 valence electrons. The number of carboxylic acid groups (broad SMARTS) is 1. The van der Waals surface area contributed by atoms with Gasteiger partial charge in [-0.15, -0.1) is 0 Å². The molecular formula is C37H41ClF3N6NaO4. The van der Waals surface area contributed by atoms with Crippen molar-refractivity contribution in [2.75, 3.05) is 51.8 Å². The van der Waals surface area contributed by atoms with Gasteiger partial charge in [0.15, 0.2) is 5.65 Å². The minimum Gasteiger partial charge on any atom is -0.549 e. The molecule has 4 heterocycles. The number of carboxylic acids is 1. The number of carbonyl (C=O) groups excluding carboxylic acids is 1. The number of pyridine rings is 2. The molecular weight excluding hydrogens is 708 g/mol. The number of aliphatic carboxylic acids is 1. The summed E-state index contributed by atoms with van der Waals surface area (Å²) in [5.41, 5.74) is 2.28. The van der Waals surface area contributed by atoms with Crippen molar-refractivity contribution in [1.82, 2.24) is 24.8 Å². The average Bonchev–Trinajstić information content (AvgIpc) is 3.69. The molecule has 2 saturated carbocycles. The largest absolute Gasteiger partial charge is 1.00 e. The Labute approximate surface area is 327 Å². The van der Waals surface area contributed by atoms with E-state index in [-0.39, 0.29) is 64.8 Å². The molecule has 52 heavy (non-hydrogen) atoms. The van der Waals surface area contributed by atoms with Crippen LogP contribution in [0.2, 0.25) is 5.02 Å². The number of methoxy groups -OCH3 is 1. The van der Waals surface area contributed by atoms with Crippen LogP contribution in [0.15, 0.2) is 36.5 Å². The molecule has 0 amide bonds. The number of aromatic amines is 1. The molecule has 1 N–H and O–H groups in total. The summed E-state index contributed by atoms with van der Waals surface area (Å²) in [6, 6.07) is 8.33. The number of aromatic nitrogens is 4. The SMILES string of the molecule is COCC1(CN(C)c2cc(-c3cnc(C4CC4)c(C(F)(F)F)c3)nc3nc(-c4ccc(OC5CCN(CC(=O)[O-])CC5)cc4Cl)[nH]c23)CCCC1.[Na+]. The van der Waals surface area contributed by atoms with Gasteiger partial charge in [-0.2, -0.15) is 13.2 Å². The Hall–Kier alpha value is -2.94. The fourth-order valence-electron chi connectivity index (χ4n) is 7.76. The van der Waals surface area contributed by atoms with Crippen molar-refractivity contribution in [1.29, 1.82) is 0 Å². The Balaban J connectivity index is 0.00000464. The number of benzene rings is 1. The number of likely N-dealkylation sites (tertiary alicyclic amines) is 1. The summed E-state index contributed by atoms with van der Waals surface area (Å²) in [5.74, 6) is -0.212. The molecule has 3 aromatic heterocycles. The van der Waals surface area contributed by atoms with Crippen LogP contribution >= 0.6 is 11.6 Å². The van der Waals surface area contributed by atoms with Crippen LogP contribution in [0.3, 0.4) is 0 Å². The molecule has 3 aliphatic rings. The Kier molecular flexibility index (Phi) is 11.8. The topological polar surface area (TPSA) is 120 Å². The third kappa shape index (κ3) is 8.55. The van der Waals surface area contributed by atoms with Crippen LogP contribution in [0.4, 0.5) is 18.9 Å². The van der Waals surface area contributed by atoms with E-state index in [4.69, 9.17) is 31.0 Å². The first-order valence-electron chi connectivity index (χ1n) is 17.5. The predicted octanol–water partition coefficient (Wildman–Crippen LogP) is 3.48. The summed E-state index contributed by atoms with van der Waals surface area (Å²) in [6.45, 7) is 2.39. The van der Waals surface area contributed by atoms with Gasteiger partial charge in [0.1, 0.15) is 23.2 Å². The van der Waals surface area contributed by atoms with Gasteiger partial charge < -0.3 is 29.3 Å². The Morgan fingerprint density at radius 3 is 2.48 bits per heavy atom. The maximum atomic E-state index is 14.2. The fourth-order valence-corrected chi connectivity index (χ4v) is 8.02. The van der Waals surface area contributed by atoms with Crippen molar-refractivity contribution >= 4 is 34.4 Å². The molecule has 3 fully saturated rings. The number of halogens is 4. The summed E-state index contributed by atoms with van der Waals surface area (Å²) in [4.78, 5) is 32.2. The zero-order chi connectivity index (χ0) is 35.9. The van der Waals surface area contributed by atoms with Gasteiger partial charge in [0.2, 0.25) is 0 Å². The van der Waals surface area contributed by atoms with Gasteiger partial charge in [0.25, 0.3) is 0 Å². The molecule has 1 saturated heterocycles. The Bertz CT molecular complexity index is 1910. The zero-order valence-electron chi connectivity index (χ0n) is 29.7. The van der Waals surface area contributed by atoms with Crippen LogP contribution in [0.5, 0.6) is 5.75 Å². The van der Waals surface area contributed by atoms with Crippen molar-refractivity contribution in [3.63, 3.8) is 0 Å². The predicted molar refractivity (Wildman–Crippen MR) is 186 cm³/mol. The Morgan fingerprint density at radius 1 is 1.12 bits per heavy atom. The number of fused-ring (bicyclic) bond motifs is 1. The van der Waals surface area contributed by atoms with E-state index >= 15 is 0 Å². The number of rotatable bonds is 12. The quantitative estimate of drug-likeness (QED) is 0.217. The molecule has 7 rings (SSSR count). The molecule has 1 aliphatic heterocycles. The van der Waals surface area contributed by atoms with E-state index < -0.39 is 17.7 Å². The van der Waals surface area contributed by atoms with E-state index in [1.54, 1.807) is 13.2 Å². The molecule has 1 aromatic carbocycles. The van der Waals surface area contributed by atoms with Crippen molar-refractivity contribution in [2.24, 2.45) is 5.41 Å². The van der Waals surface area contributed by atoms with Crippen molar-refractivity contribution in [3.8, 4) is 28.4 Å². The number of carbonyl (C=O) groups is 1. The maximum absolute atomic E-state index is 14.2. The van der Waals surface area contributed by atoms with E-state index in [9.17, 15) is 23.1 Å². The number of anilines is 1. The smallest absolute Gasteiger partial charge is 0.549 e. The number of nitrogens with zero attached hydrogens (tertiary/aromatic N) is 5. The number of alkyl halides is 3. The second kappa shape index (κ2) is 15.8. The fraction of sp³-hybridized carbons (Fsp3) is 0.514. The summed E-state index contributed by atoms with van der Waals surface area (Å²) in [5, 5.41) is 11.3. The first-order chi connectivity index (χ1) is 24.4. The first-order valence-corrected chi connectivity index (χ1v) is 17.9. The maximum Gasteiger partial charge on any atom is 1.00 e. The van der Waals surface area contributed by atoms with E-state index in [2.05, 4.69) is 14.9 Å². The molecule has 2 aliphatic carbocycles. The van der Waals surface area contributed by atoms with Gasteiger partial charge in [-0.05, 0) is 68.9 Å². The normalized spacial score (nSPS) is 18.0. The molecule has 0 spiro atoms. The molecule has 15 heteroatoms. The van der Waals surface area contributed by atoms with Gasteiger partial charge in [-0.25, -0.2) is 9.97 Å². The molecule has 0 atom stereocenters. The average molecular weight is 749 g/mol. The van der Waals surface area contributed by atoms with E-state index in [0.717, 1.165) is 31.4 Å². The van der Waals surface area contributed by atoms with Crippen LogP contribution in [0, 0.1) is 5.41 Å². The van der Waals surface area contributed by atoms with E-state index in [0.29, 0.717) is 90.9 Å². The molecule has 0 unspecified atom stereocenters. The summed E-state index contributed by atoms with van der Waals surface area (Å²) < 4.78 is 54.6. The van der Waals surface area contributed by atoms with Crippen LogP contribution in [-0.2, 0) is 15.7 Å². The number of hydrogen-bond acceptors (Lipinski definition) is 9. The number of H-pyrrole nitrogens is 1. The number of nitrogens with one attached hydrogen (secondary N) is 1. The van der Waals surface area contributed by atoms with Crippen molar-refractivity contribution < 1.29 is 62.1 Å². The van der Waals surface area contributed by atoms with Crippen molar-refractivity contribution in [3.05, 3.63) is 52.8 Å². The summed E-state index contributed by atoms with van der Waals surface area (Å²) in [7, 11) is 3.69. The monoisotopic (exact) mass is 748 g/mol. The van der Waals surface area contributed by atoms with Crippen LogP contribution < -0.4 is 44.3 Å². The minimum absolute atomic E-state index is 0. The van der Waals surface area contributed by atoms with Gasteiger partial charge in [0.05, 0.1) is 40.2 Å². The van der Waals surface area contributed by atoms with Gasteiger partial charge in [-0.3, -0.25) is 9.88 Å². The van der Waals surface area contributed by atoms with Gasteiger partial charge >= 0.3 is 35.7 Å². The first kappa shape index (κ1) is 38.8. The third-order valence-corrected chi connectivity index (χ3v) is 10.7. The van der Waals surface area contributed by atoms with E-state index in [1.165, 1.54) is 12.3 Å². The minimum atomic E-state index is -4.54. The van der Waals surface area contributed by atoms with Gasteiger partial charge in [0, 0.05) is 69.0 Å².